The summed E-state index contributed by atoms with van der Waals surface area (Å²) < 4.78 is 72.1. The van der Waals surface area contributed by atoms with Crippen LogP contribution in [0.2, 0.25) is 36.3 Å². The summed E-state index contributed by atoms with van der Waals surface area (Å²) in [4.78, 5) is 0. The van der Waals surface area contributed by atoms with E-state index in [-0.39, 0.29) is 58.9 Å². The summed E-state index contributed by atoms with van der Waals surface area (Å²) in [6.07, 6.45) is 33.4. The second kappa shape index (κ2) is 39.3. The second-order valence-electron chi connectivity index (χ2n) is 24.5. The molecule has 0 bridgehead atoms. The van der Waals surface area contributed by atoms with Crippen LogP contribution in [-0.4, -0.2) is 134 Å². The van der Waals surface area contributed by atoms with Gasteiger partial charge < -0.3 is 56.2 Å². The van der Waals surface area contributed by atoms with Crippen LogP contribution in [0.3, 0.4) is 0 Å². The first-order valence-corrected chi connectivity index (χ1v) is 35.2. The third kappa shape index (κ3) is 29.6. The minimum absolute atomic E-state index is 0.0539. The Morgan fingerprint density at radius 1 is 0.375 bits per heavy atom. The highest BCUT2D eigenvalue weighted by atomic mass is 28.4. The first kappa shape index (κ1) is 68.1. The Morgan fingerprint density at radius 3 is 0.958 bits per heavy atom. The monoisotopic (exact) mass is 1060 g/mol. The van der Waals surface area contributed by atoms with Gasteiger partial charge in [-0.15, -0.1) is 0 Å². The van der Waals surface area contributed by atoms with Crippen molar-refractivity contribution in [3.05, 3.63) is 0 Å². The van der Waals surface area contributed by atoms with Crippen LogP contribution in [0, 0.1) is 0 Å². The molecular weight excluding hydrogens is 945 g/mol. The summed E-state index contributed by atoms with van der Waals surface area (Å²) >= 11 is 0. The van der Waals surface area contributed by atoms with E-state index in [1.165, 1.54) is 89.9 Å². The molecule has 0 unspecified atom stereocenters. The molecule has 2 fully saturated rings. The van der Waals surface area contributed by atoms with Gasteiger partial charge in [0.15, 0.2) is 16.6 Å². The molecule has 2 rings (SSSR count). The number of rotatable bonds is 47. The van der Waals surface area contributed by atoms with E-state index >= 15 is 0 Å². The topological polar surface area (TPSA) is 111 Å². The Balaban J connectivity index is 1.62. The maximum atomic E-state index is 6.76. The molecule has 0 saturated carbocycles. The SMILES string of the molecule is COCO[C@H](CCCCCCCCCC[C@@H](OCOC)[C@H]1CC[C@H]([C@H]2CC[C@H]([C@@H](CCCCCCCCCC[C@H](CCCO[Si](C)(C)C(C)(C)C)OCOC)OCOC)O2)O1)CCCO[Si](C)(C)C(C)(C)C. The van der Waals surface area contributed by atoms with E-state index in [1.807, 2.05) is 0 Å². The fourth-order valence-electron chi connectivity index (χ4n) is 9.75. The van der Waals surface area contributed by atoms with Crippen molar-refractivity contribution in [1.29, 1.82) is 0 Å². The standard InChI is InChI=1S/C58H118O12Si2/c1-57(2,3)71(11,12)67-43-31-35-49(63-45-59-7)33-27-23-19-15-17-21-25-29-37-51(65-47-61-9)53-39-41-55(69-53)56-42-40-54(70-56)52(66-48-62-10)38-30-26-22-18-16-20-24-28-34-50(64-46-60-8)36-32-44-68-72(13,14)58(4,5)6/h49-56H,15-48H2,1-14H3/t49-,50-,51-,52-,53-,54-,55-,56-/m1/s1. The van der Waals surface area contributed by atoms with Crippen LogP contribution in [-0.2, 0) is 56.2 Å². The predicted octanol–water partition coefficient (Wildman–Crippen LogP) is 15.4. The summed E-state index contributed by atoms with van der Waals surface area (Å²) in [6.45, 7) is 26.1. The van der Waals surface area contributed by atoms with E-state index in [0.717, 1.165) is 103 Å². The van der Waals surface area contributed by atoms with Crippen molar-refractivity contribution in [1.82, 2.24) is 0 Å². The van der Waals surface area contributed by atoms with Crippen LogP contribution in [0.4, 0.5) is 0 Å². The van der Waals surface area contributed by atoms with Gasteiger partial charge in [0.05, 0.1) is 48.8 Å². The summed E-state index contributed by atoms with van der Waals surface area (Å²) in [7, 11) is 3.42. The highest BCUT2D eigenvalue weighted by molar-refractivity contribution is 6.74. The second-order valence-corrected chi connectivity index (χ2v) is 34.1. The fourth-order valence-corrected chi connectivity index (χ4v) is 11.9. The highest BCUT2D eigenvalue weighted by Crippen LogP contribution is 2.39. The van der Waals surface area contributed by atoms with Crippen molar-refractivity contribution in [2.75, 3.05) is 68.8 Å². The van der Waals surface area contributed by atoms with E-state index < -0.39 is 16.6 Å². The molecular formula is C58H118O12Si2. The van der Waals surface area contributed by atoms with Crippen molar-refractivity contribution in [2.45, 2.75) is 306 Å². The molecule has 0 N–H and O–H groups in total. The lowest BCUT2D eigenvalue weighted by molar-refractivity contribution is -0.158. The molecule has 2 saturated heterocycles. The predicted molar refractivity (Wildman–Crippen MR) is 300 cm³/mol. The minimum Gasteiger partial charge on any atom is -0.417 e. The molecule has 0 amide bonds. The molecule has 2 aliphatic heterocycles. The third-order valence-corrected chi connectivity index (χ3v) is 25.5. The Morgan fingerprint density at radius 2 is 0.653 bits per heavy atom. The number of ether oxygens (including phenoxy) is 10. The van der Waals surface area contributed by atoms with Gasteiger partial charge in [-0.1, -0.05) is 144 Å². The van der Waals surface area contributed by atoms with Gasteiger partial charge in [-0.2, -0.15) is 0 Å². The molecule has 0 aromatic carbocycles. The third-order valence-electron chi connectivity index (χ3n) is 16.5. The molecule has 0 spiro atoms. The number of unbranched alkanes of at least 4 members (excludes halogenated alkanes) is 14. The lowest BCUT2D eigenvalue weighted by Crippen LogP contribution is -2.41. The number of hydrogen-bond acceptors (Lipinski definition) is 12. The van der Waals surface area contributed by atoms with Crippen LogP contribution in [0.5, 0.6) is 0 Å². The van der Waals surface area contributed by atoms with Crippen molar-refractivity contribution in [3.8, 4) is 0 Å². The molecule has 72 heavy (non-hydrogen) atoms. The largest absolute Gasteiger partial charge is 0.417 e. The average molecular weight is 1060 g/mol. The molecule has 2 heterocycles. The van der Waals surface area contributed by atoms with E-state index in [9.17, 15) is 0 Å². The van der Waals surface area contributed by atoms with E-state index in [2.05, 4.69) is 67.7 Å². The van der Waals surface area contributed by atoms with Gasteiger partial charge in [0.2, 0.25) is 0 Å². The average Bonchev–Trinajstić information content (AvgIpc) is 4.03. The van der Waals surface area contributed by atoms with Gasteiger partial charge in [-0.25, -0.2) is 0 Å². The summed E-state index contributed by atoms with van der Waals surface area (Å²) in [5.41, 5.74) is 0. The summed E-state index contributed by atoms with van der Waals surface area (Å²) in [6, 6.07) is 0. The smallest absolute Gasteiger partial charge is 0.191 e. The van der Waals surface area contributed by atoms with Gasteiger partial charge in [-0.05, 0) is 113 Å². The van der Waals surface area contributed by atoms with Crippen molar-refractivity contribution < 1.29 is 56.2 Å². The minimum atomic E-state index is -1.70. The summed E-state index contributed by atoms with van der Waals surface area (Å²) in [5.74, 6) is 0. The zero-order chi connectivity index (χ0) is 53.1. The lowest BCUT2D eigenvalue weighted by atomic mass is 10.00. The van der Waals surface area contributed by atoms with Crippen LogP contribution < -0.4 is 0 Å². The highest BCUT2D eigenvalue weighted by Gasteiger charge is 2.42. The van der Waals surface area contributed by atoms with Gasteiger partial charge in [0.1, 0.15) is 27.2 Å². The zero-order valence-electron chi connectivity index (χ0n) is 49.6. The Kier molecular flexibility index (Phi) is 37.2. The molecule has 12 nitrogen and oxygen atoms in total. The fraction of sp³-hybridized carbons (Fsp3) is 1.00. The van der Waals surface area contributed by atoms with Crippen LogP contribution in [0.15, 0.2) is 0 Å². The maximum absolute atomic E-state index is 6.76. The molecule has 0 aromatic heterocycles. The quantitative estimate of drug-likeness (QED) is 0.0329. The van der Waals surface area contributed by atoms with Crippen LogP contribution >= 0.6 is 0 Å². The Hall–Kier alpha value is -0.0462. The van der Waals surface area contributed by atoms with Gasteiger partial charge in [0, 0.05) is 41.7 Å². The van der Waals surface area contributed by atoms with E-state index in [0.29, 0.717) is 27.2 Å². The molecule has 0 aromatic rings. The van der Waals surface area contributed by atoms with Crippen molar-refractivity contribution in [2.24, 2.45) is 0 Å². The van der Waals surface area contributed by atoms with Gasteiger partial charge in [0.25, 0.3) is 0 Å². The van der Waals surface area contributed by atoms with E-state index in [4.69, 9.17) is 56.2 Å². The number of hydrogen-bond donors (Lipinski definition) is 0. The molecule has 2 aliphatic rings. The van der Waals surface area contributed by atoms with Gasteiger partial charge >= 0.3 is 0 Å². The first-order chi connectivity index (χ1) is 34.4. The first-order valence-electron chi connectivity index (χ1n) is 29.4. The molecule has 0 radical (unpaired) electrons. The lowest BCUT2D eigenvalue weighted by Gasteiger charge is -2.36. The maximum Gasteiger partial charge on any atom is 0.191 e. The van der Waals surface area contributed by atoms with Crippen molar-refractivity contribution in [3.63, 3.8) is 0 Å². The van der Waals surface area contributed by atoms with Crippen LogP contribution in [0.1, 0.15) is 221 Å². The normalized spacial score (nSPS) is 20.9. The molecule has 8 atom stereocenters. The summed E-state index contributed by atoms with van der Waals surface area (Å²) in [5, 5.41) is 0.490. The molecule has 430 valence electrons. The molecule has 14 heteroatoms. The van der Waals surface area contributed by atoms with Crippen LogP contribution in [0.25, 0.3) is 0 Å². The number of methoxy groups -OCH3 is 4. The Bertz CT molecular complexity index is 1170. The van der Waals surface area contributed by atoms with Gasteiger partial charge in [-0.3, -0.25) is 0 Å². The zero-order valence-corrected chi connectivity index (χ0v) is 51.6. The van der Waals surface area contributed by atoms with E-state index in [1.54, 1.807) is 28.4 Å². The Labute approximate surface area is 446 Å². The van der Waals surface area contributed by atoms with Crippen molar-refractivity contribution >= 4 is 16.6 Å². The molecule has 0 aliphatic carbocycles.